The first kappa shape index (κ1) is 31.8. The van der Waals surface area contributed by atoms with Gasteiger partial charge in [0, 0.05) is 12.5 Å². The summed E-state index contributed by atoms with van der Waals surface area (Å²) in [6.07, 6.45) is 4.62. The van der Waals surface area contributed by atoms with Gasteiger partial charge < -0.3 is 14.6 Å². The quantitative estimate of drug-likeness (QED) is 0.143. The van der Waals surface area contributed by atoms with Crippen LogP contribution < -0.4 is 0 Å². The lowest BCUT2D eigenvalue weighted by Crippen LogP contribution is -2.32. The number of alkyl halides is 3. The number of hydrogen-bond acceptors (Lipinski definition) is 3. The van der Waals surface area contributed by atoms with Gasteiger partial charge in [0.05, 0.1) is 6.42 Å². The highest BCUT2D eigenvalue weighted by atomic mass is 32.2. The Bertz CT molecular complexity index is 1170. The fraction of sp³-hybridized carbons (Fsp3) is 0.562. The zero-order valence-electron chi connectivity index (χ0n) is 23.5. The molecule has 0 bridgehead atoms. The summed E-state index contributed by atoms with van der Waals surface area (Å²) in [7, 11) is 0. The maximum absolute atomic E-state index is 14.5. The smallest absolute Gasteiger partial charge is 0.393 e. The monoisotopic (exact) mass is 597 g/mol. The summed E-state index contributed by atoms with van der Waals surface area (Å²) < 4.78 is 77.3. The Balaban J connectivity index is 1.30. The van der Waals surface area contributed by atoms with E-state index in [0.717, 1.165) is 105 Å². The Morgan fingerprint density at radius 2 is 1.71 bits per heavy atom. The zero-order chi connectivity index (χ0) is 29.4. The third-order valence-electron chi connectivity index (χ3n) is 8.34. The summed E-state index contributed by atoms with van der Waals surface area (Å²) in [6, 6.07) is 9.75. The number of allylic oxidation sites excluding steroid dienone is 2. The van der Waals surface area contributed by atoms with E-state index in [2.05, 4.69) is 4.90 Å². The highest BCUT2D eigenvalue weighted by Crippen LogP contribution is 2.40. The van der Waals surface area contributed by atoms with Crippen LogP contribution in [0.3, 0.4) is 0 Å². The fourth-order valence-corrected chi connectivity index (χ4v) is 7.40. The largest absolute Gasteiger partial charge is 0.616 e. The van der Waals surface area contributed by atoms with Gasteiger partial charge in [-0.15, -0.1) is 0 Å². The van der Waals surface area contributed by atoms with E-state index in [-0.39, 0.29) is 17.3 Å². The third kappa shape index (κ3) is 9.45. The molecular formula is C32H40F5NO2S. The molecule has 0 saturated carbocycles. The molecule has 1 N–H and O–H groups in total. The first-order valence-corrected chi connectivity index (χ1v) is 16.2. The number of halogens is 5. The van der Waals surface area contributed by atoms with Crippen LogP contribution in [0, 0.1) is 11.6 Å². The van der Waals surface area contributed by atoms with Crippen LogP contribution in [0.1, 0.15) is 87.3 Å². The van der Waals surface area contributed by atoms with E-state index in [1.54, 1.807) is 12.1 Å². The van der Waals surface area contributed by atoms with Crippen molar-refractivity contribution in [3.8, 4) is 5.75 Å². The minimum Gasteiger partial charge on any atom is -0.616 e. The molecule has 0 aromatic heterocycles. The highest BCUT2D eigenvalue weighted by molar-refractivity contribution is 7.91. The van der Waals surface area contributed by atoms with Crippen LogP contribution in [-0.2, 0) is 17.6 Å². The number of phenols is 1. The normalized spacial score (nSPS) is 18.9. The zero-order valence-corrected chi connectivity index (χ0v) is 24.3. The van der Waals surface area contributed by atoms with E-state index in [0.29, 0.717) is 18.2 Å². The van der Waals surface area contributed by atoms with Crippen LogP contribution in [-0.4, -0.2) is 51.4 Å². The second kappa shape index (κ2) is 14.9. The second-order valence-electron chi connectivity index (χ2n) is 11.3. The average Bonchev–Trinajstić information content (AvgIpc) is 3.31. The molecule has 226 valence electrons. The third-order valence-corrected chi connectivity index (χ3v) is 9.69. The minimum atomic E-state index is -4.26. The predicted molar refractivity (Wildman–Crippen MR) is 155 cm³/mol. The molecule has 1 aliphatic heterocycles. The first-order valence-electron chi connectivity index (χ1n) is 14.8. The maximum Gasteiger partial charge on any atom is 0.393 e. The molecule has 1 fully saturated rings. The molecule has 1 aliphatic carbocycles. The van der Waals surface area contributed by atoms with Gasteiger partial charge in [-0.1, -0.05) is 36.2 Å². The number of likely N-dealkylation sites (tertiary alicyclic amines) is 1. The lowest BCUT2D eigenvalue weighted by Gasteiger charge is -2.25. The Labute approximate surface area is 243 Å². The molecule has 0 radical (unpaired) electrons. The number of phenolic OH excluding ortho intramolecular Hbond substituents is 1. The van der Waals surface area contributed by atoms with Crippen molar-refractivity contribution in [2.24, 2.45) is 0 Å². The number of hydrogen-bond donors (Lipinski definition) is 1. The summed E-state index contributed by atoms with van der Waals surface area (Å²) in [5.41, 5.74) is 4.91. The molecule has 1 saturated heterocycles. The number of aryl methyl sites for hydroxylation is 1. The Morgan fingerprint density at radius 1 is 0.951 bits per heavy atom. The second-order valence-corrected chi connectivity index (χ2v) is 13.0. The molecule has 3 nitrogen and oxygen atoms in total. The summed E-state index contributed by atoms with van der Waals surface area (Å²) in [4.78, 5) is 2.40. The van der Waals surface area contributed by atoms with Gasteiger partial charge in [0.15, 0.2) is 11.6 Å². The number of nitrogens with zero attached hydrogens (tertiary/aromatic N) is 1. The summed E-state index contributed by atoms with van der Waals surface area (Å²) in [5, 5.41) is 9.97. The van der Waals surface area contributed by atoms with Crippen molar-refractivity contribution in [3.05, 3.63) is 64.7 Å². The Hall–Kier alpha value is -2.10. The molecule has 1 unspecified atom stereocenters. The van der Waals surface area contributed by atoms with E-state index >= 15 is 0 Å². The van der Waals surface area contributed by atoms with Crippen LogP contribution in [0.2, 0.25) is 0 Å². The van der Waals surface area contributed by atoms with Crippen LogP contribution >= 0.6 is 0 Å². The topological polar surface area (TPSA) is 46.5 Å². The molecule has 0 amide bonds. The van der Waals surface area contributed by atoms with Gasteiger partial charge >= 0.3 is 6.18 Å². The van der Waals surface area contributed by atoms with E-state index in [4.69, 9.17) is 0 Å². The summed E-state index contributed by atoms with van der Waals surface area (Å²) >= 11 is -1.44. The average molecular weight is 598 g/mol. The van der Waals surface area contributed by atoms with Gasteiger partial charge in [-0.2, -0.15) is 13.2 Å². The van der Waals surface area contributed by atoms with Gasteiger partial charge in [0.2, 0.25) is 0 Å². The summed E-state index contributed by atoms with van der Waals surface area (Å²) in [5.74, 6) is -1.25. The van der Waals surface area contributed by atoms with E-state index in [9.17, 15) is 31.6 Å². The van der Waals surface area contributed by atoms with E-state index < -0.39 is 29.6 Å². The Kier molecular flexibility index (Phi) is 11.5. The van der Waals surface area contributed by atoms with Crippen molar-refractivity contribution in [3.63, 3.8) is 0 Å². The summed E-state index contributed by atoms with van der Waals surface area (Å²) in [6.45, 7) is 1.90. The molecule has 2 aromatic rings. The van der Waals surface area contributed by atoms with Crippen molar-refractivity contribution >= 4 is 22.3 Å². The Morgan fingerprint density at radius 3 is 2.46 bits per heavy atom. The fourth-order valence-electron chi connectivity index (χ4n) is 6.20. The van der Waals surface area contributed by atoms with Crippen molar-refractivity contribution in [1.29, 1.82) is 0 Å². The van der Waals surface area contributed by atoms with Crippen molar-refractivity contribution in [1.82, 2.24) is 4.90 Å². The van der Waals surface area contributed by atoms with Gasteiger partial charge in [-0.05, 0) is 117 Å². The lowest BCUT2D eigenvalue weighted by atomic mass is 9.89. The van der Waals surface area contributed by atoms with Crippen LogP contribution in [0.15, 0.2) is 36.4 Å². The minimum absolute atomic E-state index is 0.294. The molecular weight excluding hydrogens is 557 g/mol. The SMILES string of the molecule is [O-][S+](CC[C@H]1CCCN1CCCCCCC1=C(c2ccc(F)cc2)CCCc2cc(O)c(F)cc21)CCC(F)(F)F. The predicted octanol–water partition coefficient (Wildman–Crippen LogP) is 8.42. The van der Waals surface area contributed by atoms with E-state index in [1.807, 2.05) is 0 Å². The first-order chi connectivity index (χ1) is 19.6. The number of rotatable bonds is 13. The molecule has 2 atom stereocenters. The van der Waals surface area contributed by atoms with Crippen molar-refractivity contribution in [2.75, 3.05) is 24.6 Å². The van der Waals surface area contributed by atoms with Crippen LogP contribution in [0.25, 0.3) is 11.1 Å². The van der Waals surface area contributed by atoms with Gasteiger partial charge in [0.1, 0.15) is 17.3 Å². The van der Waals surface area contributed by atoms with Gasteiger partial charge in [0.25, 0.3) is 0 Å². The molecule has 2 aromatic carbocycles. The highest BCUT2D eigenvalue weighted by Gasteiger charge is 2.31. The van der Waals surface area contributed by atoms with Crippen molar-refractivity contribution in [2.45, 2.75) is 89.3 Å². The van der Waals surface area contributed by atoms with Gasteiger partial charge in [-0.3, -0.25) is 0 Å². The number of unbranched alkanes of at least 4 members (excludes halogenated alkanes) is 3. The molecule has 2 aliphatic rings. The standard InChI is InChI=1S/C32H40F5NO2S/c33-25-13-11-23(12-14-25)27-10-5-7-24-21-31(39)30(34)22-29(24)28(27)9-3-1-2-4-17-38-18-6-8-26(38)15-19-41(40)20-16-32(35,36)37/h11-14,21-22,26,39H,1-10,15-20H2/t26-,41?/m1/s1. The lowest BCUT2D eigenvalue weighted by molar-refractivity contribution is -0.129. The molecule has 41 heavy (non-hydrogen) atoms. The van der Waals surface area contributed by atoms with Crippen LogP contribution in [0.5, 0.6) is 5.75 Å². The molecule has 0 spiro atoms. The maximum atomic E-state index is 14.5. The van der Waals surface area contributed by atoms with E-state index in [1.165, 1.54) is 24.3 Å². The van der Waals surface area contributed by atoms with Gasteiger partial charge in [-0.25, -0.2) is 8.78 Å². The number of benzene rings is 2. The van der Waals surface area contributed by atoms with Crippen LogP contribution in [0.4, 0.5) is 22.0 Å². The van der Waals surface area contributed by atoms with Crippen molar-refractivity contribution < 1.29 is 31.6 Å². The molecule has 4 rings (SSSR count). The number of aromatic hydroxyl groups is 1. The number of fused-ring (bicyclic) bond motifs is 1. The molecule has 1 heterocycles. The molecule has 9 heteroatoms.